The number of carbonyl (C=O) groups is 1. The van der Waals surface area contributed by atoms with Crippen LogP contribution in [0.4, 0.5) is 0 Å². The topological polar surface area (TPSA) is 73.6 Å². The highest BCUT2D eigenvalue weighted by atomic mass is 16.7. The fraction of sp³-hybridized carbons (Fsp3) is 0.0909. The van der Waals surface area contributed by atoms with Crippen molar-refractivity contribution in [2.75, 3.05) is 6.79 Å². The standard InChI is InChI=1S/C11H8N2O4/c14-11(15)7-4-12-13(5-7)8-1-2-9-10(3-8)17-6-16-9/h1-5H,6H2,(H,14,15). The molecule has 17 heavy (non-hydrogen) atoms. The highest BCUT2D eigenvalue weighted by Crippen LogP contribution is 2.33. The van der Waals surface area contributed by atoms with E-state index in [-0.39, 0.29) is 12.4 Å². The van der Waals surface area contributed by atoms with E-state index in [4.69, 9.17) is 14.6 Å². The number of fused-ring (bicyclic) bond motifs is 1. The first-order valence-corrected chi connectivity index (χ1v) is 4.92. The third-order valence-electron chi connectivity index (χ3n) is 2.45. The summed E-state index contributed by atoms with van der Waals surface area (Å²) < 4.78 is 11.9. The SMILES string of the molecule is O=C(O)c1cnn(-c2ccc3c(c2)OCO3)c1. The molecule has 0 bridgehead atoms. The smallest absolute Gasteiger partial charge is 0.338 e. The average Bonchev–Trinajstić information content (AvgIpc) is 2.97. The van der Waals surface area contributed by atoms with Crippen molar-refractivity contribution in [3.63, 3.8) is 0 Å². The Labute approximate surface area is 96.0 Å². The van der Waals surface area contributed by atoms with Crippen molar-refractivity contribution in [3.8, 4) is 17.2 Å². The van der Waals surface area contributed by atoms with Gasteiger partial charge in [-0.2, -0.15) is 5.10 Å². The third kappa shape index (κ3) is 1.59. The van der Waals surface area contributed by atoms with Gasteiger partial charge in [0.2, 0.25) is 6.79 Å². The summed E-state index contributed by atoms with van der Waals surface area (Å²) in [5, 5.41) is 12.8. The fourth-order valence-corrected chi connectivity index (χ4v) is 1.60. The average molecular weight is 232 g/mol. The molecule has 2 aromatic rings. The number of carboxylic acid groups (broad SMARTS) is 1. The van der Waals surface area contributed by atoms with Gasteiger partial charge in [-0.25, -0.2) is 9.48 Å². The van der Waals surface area contributed by atoms with Crippen LogP contribution in [0.3, 0.4) is 0 Å². The normalized spacial score (nSPS) is 12.7. The lowest BCUT2D eigenvalue weighted by Gasteiger charge is -2.02. The molecule has 0 atom stereocenters. The quantitative estimate of drug-likeness (QED) is 0.844. The molecular weight excluding hydrogens is 224 g/mol. The Kier molecular flexibility index (Phi) is 2.01. The summed E-state index contributed by atoms with van der Waals surface area (Å²) in [6.07, 6.45) is 2.74. The molecule has 0 saturated heterocycles. The van der Waals surface area contributed by atoms with E-state index in [1.54, 1.807) is 18.2 Å². The zero-order valence-corrected chi connectivity index (χ0v) is 8.66. The van der Waals surface area contributed by atoms with Crippen LogP contribution >= 0.6 is 0 Å². The van der Waals surface area contributed by atoms with E-state index < -0.39 is 5.97 Å². The number of rotatable bonds is 2. The van der Waals surface area contributed by atoms with Gasteiger partial charge < -0.3 is 14.6 Å². The second-order valence-electron chi connectivity index (χ2n) is 3.52. The van der Waals surface area contributed by atoms with Gasteiger partial charge in [0.25, 0.3) is 0 Å². The van der Waals surface area contributed by atoms with Gasteiger partial charge in [0.15, 0.2) is 11.5 Å². The van der Waals surface area contributed by atoms with Gasteiger partial charge in [-0.1, -0.05) is 0 Å². The number of hydrogen-bond acceptors (Lipinski definition) is 4. The number of aromatic nitrogens is 2. The van der Waals surface area contributed by atoms with Crippen LogP contribution in [0.15, 0.2) is 30.6 Å². The highest BCUT2D eigenvalue weighted by Gasteiger charge is 2.14. The minimum Gasteiger partial charge on any atom is -0.478 e. The number of nitrogens with zero attached hydrogens (tertiary/aromatic N) is 2. The van der Waals surface area contributed by atoms with Gasteiger partial charge in [0.1, 0.15) is 0 Å². The second kappa shape index (κ2) is 3.51. The zero-order chi connectivity index (χ0) is 11.8. The molecule has 1 aliphatic heterocycles. The predicted molar refractivity (Wildman–Crippen MR) is 56.6 cm³/mol. The van der Waals surface area contributed by atoms with Gasteiger partial charge >= 0.3 is 5.97 Å². The molecule has 0 fully saturated rings. The summed E-state index contributed by atoms with van der Waals surface area (Å²) in [6, 6.07) is 5.30. The Bertz CT molecular complexity index is 591. The number of aromatic carboxylic acids is 1. The fourth-order valence-electron chi connectivity index (χ4n) is 1.60. The molecule has 2 heterocycles. The number of hydrogen-bond donors (Lipinski definition) is 1. The Morgan fingerprint density at radius 2 is 2.18 bits per heavy atom. The van der Waals surface area contributed by atoms with Crippen LogP contribution in [-0.2, 0) is 0 Å². The van der Waals surface area contributed by atoms with Crippen molar-refractivity contribution in [2.45, 2.75) is 0 Å². The molecule has 0 amide bonds. The van der Waals surface area contributed by atoms with Crippen LogP contribution < -0.4 is 9.47 Å². The van der Waals surface area contributed by atoms with Gasteiger partial charge in [0.05, 0.1) is 17.4 Å². The monoisotopic (exact) mass is 232 g/mol. The van der Waals surface area contributed by atoms with Crippen LogP contribution in [0.5, 0.6) is 11.5 Å². The minimum absolute atomic E-state index is 0.141. The number of carboxylic acids is 1. The van der Waals surface area contributed by atoms with E-state index in [1.165, 1.54) is 17.1 Å². The molecule has 0 radical (unpaired) electrons. The van der Waals surface area contributed by atoms with Crippen LogP contribution in [0.2, 0.25) is 0 Å². The Morgan fingerprint density at radius 1 is 1.35 bits per heavy atom. The molecule has 86 valence electrons. The zero-order valence-electron chi connectivity index (χ0n) is 8.66. The largest absolute Gasteiger partial charge is 0.478 e. The molecular formula is C11H8N2O4. The highest BCUT2D eigenvalue weighted by molar-refractivity contribution is 5.87. The second-order valence-corrected chi connectivity index (χ2v) is 3.52. The van der Waals surface area contributed by atoms with Gasteiger partial charge in [-0.3, -0.25) is 0 Å². The van der Waals surface area contributed by atoms with Crippen LogP contribution in [0, 0.1) is 0 Å². The number of ether oxygens (including phenoxy) is 2. The summed E-state index contributed by atoms with van der Waals surface area (Å²) in [7, 11) is 0. The summed E-state index contributed by atoms with van der Waals surface area (Å²) in [5.74, 6) is 0.311. The number of benzene rings is 1. The van der Waals surface area contributed by atoms with E-state index in [9.17, 15) is 4.79 Å². The summed E-state index contributed by atoms with van der Waals surface area (Å²) >= 11 is 0. The maximum absolute atomic E-state index is 10.7. The van der Waals surface area contributed by atoms with Crippen molar-refractivity contribution in [2.24, 2.45) is 0 Å². The van der Waals surface area contributed by atoms with Crippen molar-refractivity contribution in [1.82, 2.24) is 9.78 Å². The maximum atomic E-state index is 10.7. The van der Waals surface area contributed by atoms with Crippen molar-refractivity contribution < 1.29 is 19.4 Å². The minimum atomic E-state index is -1.00. The molecule has 1 aromatic carbocycles. The molecule has 0 unspecified atom stereocenters. The molecule has 3 rings (SSSR count). The maximum Gasteiger partial charge on any atom is 0.338 e. The summed E-state index contributed by atoms with van der Waals surface area (Å²) in [4.78, 5) is 10.7. The van der Waals surface area contributed by atoms with Crippen LogP contribution in [0.1, 0.15) is 10.4 Å². The lowest BCUT2D eigenvalue weighted by Crippen LogP contribution is -1.95. The lowest BCUT2D eigenvalue weighted by atomic mass is 10.3. The molecule has 0 aliphatic carbocycles. The van der Waals surface area contributed by atoms with Crippen molar-refractivity contribution in [3.05, 3.63) is 36.2 Å². The Hall–Kier alpha value is -2.50. The summed E-state index contributed by atoms with van der Waals surface area (Å²) in [6.45, 7) is 0.207. The van der Waals surface area contributed by atoms with Crippen molar-refractivity contribution in [1.29, 1.82) is 0 Å². The molecule has 1 N–H and O–H groups in total. The molecule has 1 aliphatic rings. The predicted octanol–water partition coefficient (Wildman–Crippen LogP) is 1.30. The van der Waals surface area contributed by atoms with Gasteiger partial charge in [-0.05, 0) is 12.1 Å². The van der Waals surface area contributed by atoms with Gasteiger partial charge in [0, 0.05) is 12.3 Å². The van der Waals surface area contributed by atoms with Crippen molar-refractivity contribution >= 4 is 5.97 Å². The summed E-state index contributed by atoms with van der Waals surface area (Å²) in [5.41, 5.74) is 0.865. The molecule has 6 heteroatoms. The molecule has 0 spiro atoms. The lowest BCUT2D eigenvalue weighted by molar-refractivity contribution is 0.0697. The molecule has 0 saturated carbocycles. The van der Waals surface area contributed by atoms with E-state index in [1.807, 2.05) is 0 Å². The van der Waals surface area contributed by atoms with Crippen LogP contribution in [-0.4, -0.2) is 27.6 Å². The van der Waals surface area contributed by atoms with Gasteiger partial charge in [-0.15, -0.1) is 0 Å². The third-order valence-corrected chi connectivity index (χ3v) is 2.45. The Balaban J connectivity index is 2.00. The van der Waals surface area contributed by atoms with Crippen LogP contribution in [0.25, 0.3) is 5.69 Å². The Morgan fingerprint density at radius 3 is 2.94 bits per heavy atom. The van der Waals surface area contributed by atoms with E-state index in [0.29, 0.717) is 11.5 Å². The first kappa shape index (κ1) is 9.71. The van der Waals surface area contributed by atoms with E-state index >= 15 is 0 Å². The first-order chi connectivity index (χ1) is 8.24. The van der Waals surface area contributed by atoms with E-state index in [2.05, 4.69) is 5.10 Å². The molecule has 1 aromatic heterocycles. The first-order valence-electron chi connectivity index (χ1n) is 4.92. The van der Waals surface area contributed by atoms with E-state index in [0.717, 1.165) is 5.69 Å². The molecule has 6 nitrogen and oxygen atoms in total.